The van der Waals surface area contributed by atoms with Crippen molar-refractivity contribution < 1.29 is 33.1 Å². The molecule has 3 rings (SSSR count). The van der Waals surface area contributed by atoms with Crippen LogP contribution in [0.5, 0.6) is 11.5 Å². The van der Waals surface area contributed by atoms with Crippen LogP contribution in [-0.2, 0) is 13.2 Å². The summed E-state index contributed by atoms with van der Waals surface area (Å²) in [4.78, 5) is 13.1. The number of ether oxygens (including phenoxy) is 2. The molecule has 3 aromatic rings. The average Bonchev–Trinajstić information content (AvgIpc) is 2.76. The van der Waals surface area contributed by atoms with E-state index in [4.69, 9.17) is 9.47 Å². The minimum absolute atomic E-state index is 0. The third-order valence-corrected chi connectivity index (χ3v) is 5.75. The van der Waals surface area contributed by atoms with Crippen LogP contribution < -0.4 is 28.3 Å². The summed E-state index contributed by atoms with van der Waals surface area (Å²) in [6.45, 7) is 4.96. The predicted molar refractivity (Wildman–Crippen MR) is 119 cm³/mol. The van der Waals surface area contributed by atoms with Gasteiger partial charge in [-0.2, -0.15) is 6.16 Å². The molecule has 0 spiro atoms. The van der Waals surface area contributed by atoms with Crippen LogP contribution in [-0.4, -0.2) is 11.7 Å². The molecular weight excluding hydrogens is 386 g/mol. The molecule has 0 atom stereocenters. The van der Waals surface area contributed by atoms with Crippen LogP contribution in [0.15, 0.2) is 78.9 Å². The van der Waals surface area contributed by atoms with Gasteiger partial charge in [0.2, 0.25) is 0 Å². The minimum atomic E-state index is 0. The zero-order valence-corrected chi connectivity index (χ0v) is 18.8. The molecule has 0 aliphatic rings. The molecule has 0 aliphatic carbocycles. The Morgan fingerprint density at radius 1 is 0.767 bits per heavy atom. The summed E-state index contributed by atoms with van der Waals surface area (Å²) >= 11 is 0. The van der Waals surface area contributed by atoms with Crippen LogP contribution in [0.3, 0.4) is 0 Å². The number of hydrogen-bond acceptors (Lipinski definition) is 3. The molecule has 3 aromatic carbocycles. The van der Waals surface area contributed by atoms with Crippen LogP contribution in [0.1, 0.15) is 35.3 Å². The number of hydrogen-bond donors (Lipinski definition) is 0. The van der Waals surface area contributed by atoms with Crippen molar-refractivity contribution in [1.82, 2.24) is 0 Å². The molecule has 30 heavy (non-hydrogen) atoms. The molecule has 0 fully saturated rings. The molecule has 0 aliphatic heterocycles. The van der Waals surface area contributed by atoms with Crippen molar-refractivity contribution in [2.24, 2.45) is 5.92 Å². The molecule has 0 saturated carbocycles. The van der Waals surface area contributed by atoms with Gasteiger partial charge in [-0.3, -0.25) is 0 Å². The molecule has 5 heteroatoms. The summed E-state index contributed by atoms with van der Waals surface area (Å²) in [6.07, 6.45) is 0.839. The van der Waals surface area contributed by atoms with Gasteiger partial charge < -0.3 is 22.8 Å². The zero-order chi connectivity index (χ0) is 20.5. The van der Waals surface area contributed by atoms with Gasteiger partial charge in [0.05, 0.1) is 0 Å². The Morgan fingerprint density at radius 2 is 1.23 bits per heavy atom. The molecule has 3 nitrogen and oxygen atoms in total. The number of rotatable bonds is 10. The smallest absolute Gasteiger partial charge is 0.489 e. The quantitative estimate of drug-likeness (QED) is 0.377. The number of para-hydroxylation sites is 2. The molecule has 0 N–H and O–H groups in total. The first-order valence-corrected chi connectivity index (χ1v) is 10.9. The second kappa shape index (κ2) is 12.6. The fraction of sp³-hybridized carbons (Fsp3) is 0.240. The maximum absolute atomic E-state index is 13.1. The molecule has 0 amide bonds. The van der Waals surface area contributed by atoms with E-state index in [2.05, 4.69) is 13.8 Å². The van der Waals surface area contributed by atoms with Gasteiger partial charge in [-0.25, -0.2) is 0 Å². The molecule has 0 aromatic heterocycles. The first kappa shape index (κ1) is 24.2. The average molecular weight is 412 g/mol. The first-order valence-electron chi connectivity index (χ1n) is 9.81. The van der Waals surface area contributed by atoms with Gasteiger partial charge in [0.15, 0.2) is 0 Å². The molecule has 0 bridgehead atoms. The van der Waals surface area contributed by atoms with Crippen LogP contribution >= 0.6 is 8.58 Å². The maximum atomic E-state index is 13.1. The van der Waals surface area contributed by atoms with Gasteiger partial charge in [-0.15, -0.1) is 0 Å². The summed E-state index contributed by atoms with van der Waals surface area (Å²) in [7, 11) is 0.804. The van der Waals surface area contributed by atoms with E-state index >= 15 is 0 Å². The zero-order valence-electron chi connectivity index (χ0n) is 17.9. The molecule has 0 unspecified atom stereocenters. The summed E-state index contributed by atoms with van der Waals surface area (Å²) in [5, 5.41) is 0. The Kier molecular flexibility index (Phi) is 10.2. The van der Waals surface area contributed by atoms with E-state index < -0.39 is 0 Å². The van der Waals surface area contributed by atoms with Crippen LogP contribution in [0, 0.1) is 5.92 Å². The van der Waals surface area contributed by atoms with Crippen LogP contribution in [0.4, 0.5) is 0 Å². The Bertz CT molecular complexity index is 852. The van der Waals surface area contributed by atoms with E-state index in [1.54, 1.807) is 0 Å². The van der Waals surface area contributed by atoms with E-state index in [-0.39, 0.29) is 24.4 Å². The van der Waals surface area contributed by atoms with Crippen molar-refractivity contribution in [2.75, 3.05) is 6.16 Å². The van der Waals surface area contributed by atoms with Gasteiger partial charge in [0, 0.05) is 5.52 Å². The topological polar surface area (TPSA) is 35.5 Å². The summed E-state index contributed by atoms with van der Waals surface area (Å²) in [5.74, 6) is 2.05. The van der Waals surface area contributed by atoms with Crippen molar-refractivity contribution in [3.8, 4) is 11.5 Å². The van der Waals surface area contributed by atoms with Gasteiger partial charge in [0.25, 0.3) is 0 Å². The Balaban J connectivity index is 0.00000320. The summed E-state index contributed by atoms with van der Waals surface area (Å²) in [5.41, 5.74) is 2.63. The standard InChI is InChI=1S/C25H26O3P.Li/c1-19(2)18-29-25(26)24-20(16-27-22-12-5-3-6-13-22)10-9-11-21(24)17-28-23-14-7-4-8-15-23;/h3-15,19H,16-18H2,1-2H3;/q-1;+1. The van der Waals surface area contributed by atoms with Gasteiger partial charge >= 0.3 is 18.9 Å². The van der Waals surface area contributed by atoms with Crippen LogP contribution in [0.2, 0.25) is 0 Å². The summed E-state index contributed by atoms with van der Waals surface area (Å²) < 4.78 is 11.9. The van der Waals surface area contributed by atoms with Gasteiger partial charge in [0.1, 0.15) is 24.7 Å². The van der Waals surface area contributed by atoms with Gasteiger partial charge in [-0.1, -0.05) is 74.4 Å². The van der Waals surface area contributed by atoms with E-state index in [1.807, 2.05) is 78.9 Å². The second-order valence-electron chi connectivity index (χ2n) is 7.19. The number of benzene rings is 3. The first-order chi connectivity index (χ1) is 14.1. The largest absolute Gasteiger partial charge is 1.00 e. The van der Waals surface area contributed by atoms with Gasteiger partial charge in [-0.05, 0) is 41.0 Å². The fourth-order valence-electron chi connectivity index (χ4n) is 2.87. The normalized spacial score (nSPS) is 10.8. The van der Waals surface area contributed by atoms with E-state index in [1.165, 1.54) is 0 Å². The Labute approximate surface area is 193 Å². The summed E-state index contributed by atoms with van der Waals surface area (Å²) in [6, 6.07) is 25.2. The molecule has 0 radical (unpaired) electrons. The molecular formula is C25H26LiO3P. The second-order valence-corrected chi connectivity index (χ2v) is 8.28. The third-order valence-electron chi connectivity index (χ3n) is 4.33. The molecule has 150 valence electrons. The fourth-order valence-corrected chi connectivity index (χ4v) is 3.85. The molecule has 0 saturated heterocycles. The SMILES string of the molecule is CC(C)C[P-]C(=O)c1c(COc2ccccc2)cccc1COc1ccccc1.[Li+]. The minimum Gasteiger partial charge on any atom is -0.489 e. The maximum Gasteiger partial charge on any atom is 1.00 e. The molecule has 0 heterocycles. The van der Waals surface area contributed by atoms with E-state index in [0.29, 0.717) is 19.1 Å². The van der Waals surface area contributed by atoms with E-state index in [0.717, 1.165) is 42.9 Å². The Hall–Kier alpha value is -2.04. The Morgan fingerprint density at radius 3 is 1.67 bits per heavy atom. The van der Waals surface area contributed by atoms with Crippen molar-refractivity contribution >= 4 is 14.1 Å². The van der Waals surface area contributed by atoms with Crippen LogP contribution in [0.25, 0.3) is 0 Å². The van der Waals surface area contributed by atoms with Crippen molar-refractivity contribution in [3.05, 3.63) is 95.6 Å². The van der Waals surface area contributed by atoms with E-state index in [9.17, 15) is 4.79 Å². The van der Waals surface area contributed by atoms with Crippen molar-refractivity contribution in [2.45, 2.75) is 27.1 Å². The number of carbonyl (C=O) groups is 1. The number of carbonyl (C=O) groups excluding carboxylic acids is 1. The van der Waals surface area contributed by atoms with Crippen molar-refractivity contribution in [1.29, 1.82) is 0 Å². The predicted octanol–water partition coefficient (Wildman–Crippen LogP) is 3.59. The van der Waals surface area contributed by atoms with Crippen molar-refractivity contribution in [3.63, 3.8) is 0 Å². The monoisotopic (exact) mass is 412 g/mol. The third kappa shape index (κ3) is 7.33.